The fourth-order valence-electron chi connectivity index (χ4n) is 8.33. The average Bonchev–Trinajstić information content (AvgIpc) is 4.28. The van der Waals surface area contributed by atoms with Gasteiger partial charge in [0.05, 0.1) is 92.5 Å². The zero-order valence-corrected chi connectivity index (χ0v) is 44.1. The number of rotatable bonds is 12. The van der Waals surface area contributed by atoms with Crippen molar-refractivity contribution >= 4 is 68.0 Å². The van der Waals surface area contributed by atoms with Crippen molar-refractivity contribution in [2.75, 3.05) is 0 Å². The number of carboxylic acid groups (broad SMARTS) is 4. The Bertz CT molecular complexity index is 3450. The van der Waals surface area contributed by atoms with Crippen LogP contribution in [0.1, 0.15) is 63.7 Å². The van der Waals surface area contributed by atoms with E-state index in [1.807, 2.05) is 140 Å². The summed E-state index contributed by atoms with van der Waals surface area (Å²) in [5.41, 5.74) is 13.2. The Hall–Kier alpha value is -9.00. The van der Waals surface area contributed by atoms with Crippen molar-refractivity contribution in [2.45, 2.75) is 26.2 Å². The molecule has 16 nitrogen and oxygen atoms in total. The number of carbonyl (C=O) groups is 4. The number of imidazole rings is 4. The molecule has 0 atom stereocenters. The number of aromatic carboxylic acids is 4. The Balaban J connectivity index is 0.000000149. The van der Waals surface area contributed by atoms with Gasteiger partial charge in [-0.2, -0.15) is 0 Å². The van der Waals surface area contributed by atoms with Crippen LogP contribution in [-0.4, -0.2) is 72.3 Å². The first-order valence-electron chi connectivity index (χ1n) is 23.8. The Morgan fingerprint density at radius 1 is 0.321 bits per heavy atom. The standard InChI is InChI=1S/4C15H12N2O2.2Ag/c4*18-15(19)12-7-5-11(6-8-12)9-17-10-16-13-3-1-2-4-14(13)17;;/h4*1-8,10H,9H2,(H,18,19);;/q;;;;2*+1/p-2. The van der Waals surface area contributed by atoms with Crippen molar-refractivity contribution in [3.8, 4) is 0 Å². The van der Waals surface area contributed by atoms with Gasteiger partial charge in [0.1, 0.15) is 0 Å². The van der Waals surface area contributed by atoms with Gasteiger partial charge in [-0.25, -0.2) is 29.5 Å². The number of hydrogen-bond acceptors (Lipinski definition) is 10. The number of para-hydroxylation sites is 8. The number of benzene rings is 8. The summed E-state index contributed by atoms with van der Waals surface area (Å²) < 4.78 is 8.16. The minimum atomic E-state index is -1.15. The van der Waals surface area contributed by atoms with Crippen molar-refractivity contribution in [3.05, 3.63) is 264 Å². The molecule has 78 heavy (non-hydrogen) atoms. The van der Waals surface area contributed by atoms with E-state index in [0.29, 0.717) is 37.3 Å². The SMILES string of the molecule is O=C(O)c1ccc(Cn2cnc3ccccc32)cc1.O=C(O)c1ccc(Cn2cnc3ccccc32)cc1.O=C([O-])c1ccc(Cn2cnc3ccccc32)cc1.O=C([O-])c1ccc(Cn2cnc3ccccc32)cc1.[Ag+].[Ag+]. The minimum Gasteiger partial charge on any atom is -0.545 e. The molecule has 8 aromatic carbocycles. The Morgan fingerprint density at radius 3 is 0.731 bits per heavy atom. The van der Waals surface area contributed by atoms with Gasteiger partial charge >= 0.3 is 56.7 Å². The van der Waals surface area contributed by atoms with Gasteiger partial charge in [-0.3, -0.25) is 0 Å². The van der Waals surface area contributed by atoms with E-state index in [1.165, 1.54) is 0 Å². The fraction of sp³-hybridized carbons (Fsp3) is 0.0667. The number of hydrogen-bond donors (Lipinski definition) is 2. The number of aromatic nitrogens is 8. The molecular formula is C60H46Ag2N8O8. The van der Waals surface area contributed by atoms with Gasteiger partial charge in [-0.05, 0) is 106 Å². The molecule has 0 aliphatic carbocycles. The molecule has 12 aromatic rings. The second kappa shape index (κ2) is 26.7. The zero-order chi connectivity index (χ0) is 53.0. The first-order chi connectivity index (χ1) is 36.9. The van der Waals surface area contributed by atoms with Gasteiger partial charge in [0.15, 0.2) is 0 Å². The van der Waals surface area contributed by atoms with Gasteiger partial charge in [-0.15, -0.1) is 0 Å². The average molecular weight is 1220 g/mol. The first kappa shape index (κ1) is 56.7. The monoisotopic (exact) mass is 1220 g/mol. The molecule has 0 aliphatic heterocycles. The molecule has 0 saturated heterocycles. The van der Waals surface area contributed by atoms with Crippen molar-refractivity contribution in [2.24, 2.45) is 0 Å². The smallest absolute Gasteiger partial charge is 0.545 e. The van der Waals surface area contributed by atoms with Crippen LogP contribution in [0.25, 0.3) is 44.1 Å². The summed E-state index contributed by atoms with van der Waals surface area (Å²) in [6.07, 6.45) is 7.18. The summed E-state index contributed by atoms with van der Waals surface area (Å²) in [6.45, 7) is 2.68. The van der Waals surface area contributed by atoms with Crippen LogP contribution in [0, 0.1) is 0 Å². The molecule has 0 aliphatic rings. The largest absolute Gasteiger partial charge is 1.00 e. The summed E-state index contributed by atoms with van der Waals surface area (Å²) in [7, 11) is 0. The number of fused-ring (bicyclic) bond motifs is 4. The summed E-state index contributed by atoms with van der Waals surface area (Å²) >= 11 is 0. The maximum atomic E-state index is 10.8. The van der Waals surface area contributed by atoms with Crippen molar-refractivity contribution in [1.82, 2.24) is 38.2 Å². The quantitative estimate of drug-likeness (QED) is 0.110. The van der Waals surface area contributed by atoms with E-state index < -0.39 is 23.9 Å². The van der Waals surface area contributed by atoms with Gasteiger partial charge in [0.25, 0.3) is 0 Å². The number of carboxylic acids is 4. The summed E-state index contributed by atoms with van der Waals surface area (Å²) in [5.74, 6) is -4.11. The molecule has 0 bridgehead atoms. The van der Waals surface area contributed by atoms with Crippen LogP contribution in [0.4, 0.5) is 0 Å². The molecule has 0 unspecified atom stereocenters. The van der Waals surface area contributed by atoms with Crippen LogP contribution < -0.4 is 10.2 Å². The molecule has 0 radical (unpaired) electrons. The zero-order valence-electron chi connectivity index (χ0n) is 41.1. The van der Waals surface area contributed by atoms with Crippen LogP contribution in [0.2, 0.25) is 0 Å². The summed E-state index contributed by atoms with van der Waals surface area (Å²) in [5, 5.41) is 39.1. The van der Waals surface area contributed by atoms with Crippen LogP contribution in [-0.2, 0) is 70.9 Å². The Morgan fingerprint density at radius 2 is 0.526 bits per heavy atom. The van der Waals surface area contributed by atoms with E-state index in [-0.39, 0.29) is 55.9 Å². The normalized spacial score (nSPS) is 10.5. The van der Waals surface area contributed by atoms with E-state index >= 15 is 0 Å². The second-order valence-corrected chi connectivity index (χ2v) is 17.4. The van der Waals surface area contributed by atoms with Crippen molar-refractivity contribution in [1.29, 1.82) is 0 Å². The van der Waals surface area contributed by atoms with E-state index in [9.17, 15) is 29.4 Å². The molecule has 2 N–H and O–H groups in total. The summed E-state index contributed by atoms with van der Waals surface area (Å²) in [4.78, 5) is 60.2. The van der Waals surface area contributed by atoms with Gasteiger partial charge in [0.2, 0.25) is 0 Å². The molecular weight excluding hydrogens is 1180 g/mol. The van der Waals surface area contributed by atoms with Gasteiger partial charge in [-0.1, -0.05) is 121 Å². The molecule has 4 aromatic heterocycles. The number of carbonyl (C=O) groups excluding carboxylic acids is 2. The summed E-state index contributed by atoms with van der Waals surface area (Å²) in [6, 6.07) is 58.9. The van der Waals surface area contributed by atoms with Crippen LogP contribution >= 0.6 is 0 Å². The third-order valence-electron chi connectivity index (χ3n) is 12.3. The first-order valence-corrected chi connectivity index (χ1v) is 23.8. The van der Waals surface area contributed by atoms with Crippen LogP contribution in [0.15, 0.2) is 219 Å². The van der Waals surface area contributed by atoms with E-state index in [2.05, 4.69) is 19.9 Å². The van der Waals surface area contributed by atoms with E-state index in [4.69, 9.17) is 10.2 Å². The Labute approximate surface area is 477 Å². The molecule has 0 fully saturated rings. The molecule has 4 heterocycles. The molecule has 0 spiro atoms. The maximum absolute atomic E-state index is 10.8. The molecule has 12 rings (SSSR count). The molecule has 0 saturated carbocycles. The van der Waals surface area contributed by atoms with Crippen molar-refractivity contribution in [3.63, 3.8) is 0 Å². The predicted octanol–water partition coefficient (Wildman–Crippen LogP) is 8.46. The molecule has 0 amide bonds. The Kier molecular flexibility index (Phi) is 19.4. The fourth-order valence-corrected chi connectivity index (χ4v) is 8.33. The van der Waals surface area contributed by atoms with E-state index in [1.54, 1.807) is 98.1 Å². The van der Waals surface area contributed by atoms with Gasteiger partial charge in [0, 0.05) is 26.2 Å². The third-order valence-corrected chi connectivity index (χ3v) is 12.3. The van der Waals surface area contributed by atoms with Crippen LogP contribution in [0.5, 0.6) is 0 Å². The van der Waals surface area contributed by atoms with Gasteiger partial charge < -0.3 is 48.3 Å². The third kappa shape index (κ3) is 14.3. The van der Waals surface area contributed by atoms with Crippen LogP contribution in [0.3, 0.4) is 0 Å². The molecule has 18 heteroatoms. The van der Waals surface area contributed by atoms with E-state index in [0.717, 1.165) is 66.4 Å². The minimum absolute atomic E-state index is 0. The molecule has 396 valence electrons. The predicted molar refractivity (Wildman–Crippen MR) is 284 cm³/mol. The second-order valence-electron chi connectivity index (χ2n) is 17.4. The van der Waals surface area contributed by atoms with Crippen molar-refractivity contribution < 1.29 is 84.4 Å². The maximum Gasteiger partial charge on any atom is 1.00 e. The topological polar surface area (TPSA) is 226 Å². The number of nitrogens with zero attached hydrogens (tertiary/aromatic N) is 8.